The van der Waals surface area contributed by atoms with Crippen molar-refractivity contribution >= 4 is 40.6 Å². The minimum absolute atomic E-state index is 0.223. The van der Waals surface area contributed by atoms with E-state index in [0.29, 0.717) is 11.3 Å². The fourth-order valence-electron chi connectivity index (χ4n) is 3.05. The monoisotopic (exact) mass is 424 g/mol. The van der Waals surface area contributed by atoms with E-state index in [4.69, 9.17) is 9.15 Å². The molecule has 0 aliphatic heterocycles. The zero-order valence-electron chi connectivity index (χ0n) is 17.6. The maximum Gasteiger partial charge on any atom is 0.347 e. The van der Waals surface area contributed by atoms with E-state index in [1.165, 1.54) is 19.9 Å². The molecule has 3 rings (SSSR count). The molecular formula is C24H24O5S. The number of fused-ring (bicyclic) bond motifs is 1. The molecule has 1 heterocycles. The summed E-state index contributed by atoms with van der Waals surface area (Å²) in [6.07, 6.45) is 5.18. The quantitative estimate of drug-likeness (QED) is 0.289. The highest BCUT2D eigenvalue weighted by Crippen LogP contribution is 2.29. The van der Waals surface area contributed by atoms with E-state index in [1.54, 1.807) is 23.9 Å². The summed E-state index contributed by atoms with van der Waals surface area (Å²) in [7, 11) is 0. The zero-order chi connectivity index (χ0) is 22.1. The average Bonchev–Trinajstić information content (AvgIpc) is 3.12. The largest absolute Gasteiger partial charge is 0.478 e. The Morgan fingerprint density at radius 3 is 2.37 bits per heavy atom. The molecule has 0 unspecified atom stereocenters. The summed E-state index contributed by atoms with van der Waals surface area (Å²) in [5.74, 6) is -0.435. The summed E-state index contributed by atoms with van der Waals surface area (Å²) < 4.78 is 11.4. The van der Waals surface area contributed by atoms with E-state index in [-0.39, 0.29) is 11.5 Å². The van der Waals surface area contributed by atoms with Crippen LogP contribution >= 0.6 is 11.8 Å². The summed E-state index contributed by atoms with van der Waals surface area (Å²) in [5.41, 5.74) is 1.77. The normalized spacial score (nSPS) is 11.9. The van der Waals surface area contributed by atoms with Gasteiger partial charge < -0.3 is 14.3 Å². The molecule has 0 saturated heterocycles. The number of furan rings is 1. The van der Waals surface area contributed by atoms with Gasteiger partial charge >= 0.3 is 5.97 Å². The van der Waals surface area contributed by atoms with Gasteiger partial charge in [-0.3, -0.25) is 4.79 Å². The van der Waals surface area contributed by atoms with Crippen molar-refractivity contribution in [3.05, 3.63) is 64.9 Å². The number of rotatable bonds is 7. The van der Waals surface area contributed by atoms with E-state index in [0.717, 1.165) is 27.0 Å². The number of hydrogen-bond donors (Lipinski definition) is 1. The molecular weight excluding hydrogens is 400 g/mol. The first kappa shape index (κ1) is 21.7. The van der Waals surface area contributed by atoms with Gasteiger partial charge in [0.15, 0.2) is 11.4 Å². The first-order chi connectivity index (χ1) is 14.1. The number of aliphatic carboxylic acids is 1. The van der Waals surface area contributed by atoms with Crippen molar-refractivity contribution in [3.8, 4) is 5.75 Å². The molecule has 0 aliphatic carbocycles. The number of allylic oxidation sites excluding steroid dienone is 1. The molecule has 5 nitrogen and oxygen atoms in total. The van der Waals surface area contributed by atoms with Gasteiger partial charge in [-0.15, -0.1) is 11.8 Å². The summed E-state index contributed by atoms with van der Waals surface area (Å²) in [6.45, 7) is 6.72. The molecule has 6 heteroatoms. The highest BCUT2D eigenvalue weighted by Gasteiger charge is 2.30. The van der Waals surface area contributed by atoms with Gasteiger partial charge in [0.05, 0.1) is 0 Å². The Bertz CT molecular complexity index is 1130. The first-order valence-electron chi connectivity index (χ1n) is 9.44. The Hall–Kier alpha value is -2.99. The second-order valence-corrected chi connectivity index (χ2v) is 8.49. The van der Waals surface area contributed by atoms with Crippen molar-refractivity contribution in [3.63, 3.8) is 0 Å². The van der Waals surface area contributed by atoms with Crippen molar-refractivity contribution in [1.29, 1.82) is 0 Å². The molecule has 0 aliphatic rings. The Kier molecular flexibility index (Phi) is 6.08. The third kappa shape index (κ3) is 4.60. The van der Waals surface area contributed by atoms with Gasteiger partial charge in [0.2, 0.25) is 5.78 Å². The van der Waals surface area contributed by atoms with Gasteiger partial charge in [0.1, 0.15) is 11.3 Å². The number of thioether (sulfide) groups is 1. The van der Waals surface area contributed by atoms with E-state index in [9.17, 15) is 14.7 Å². The fraction of sp³-hybridized carbons (Fsp3) is 0.250. The second kappa shape index (κ2) is 8.40. The minimum atomic E-state index is -1.33. The van der Waals surface area contributed by atoms with Crippen LogP contribution in [0, 0.1) is 13.8 Å². The van der Waals surface area contributed by atoms with E-state index in [2.05, 4.69) is 0 Å². The predicted octanol–water partition coefficient (Wildman–Crippen LogP) is 5.91. The standard InChI is InChI=1S/C24H24O5S/c1-14-10-16(11-15(2)22(14)29-24(3,4)23(26)27)6-9-19(25)21-12-17-7-8-18(30-5)13-20(17)28-21/h6-13H,1-5H3,(H,26,27)/b9-6+. The number of carboxylic acids is 1. The van der Waals surface area contributed by atoms with E-state index in [1.807, 2.05) is 50.4 Å². The number of carbonyl (C=O) groups excluding carboxylic acids is 1. The lowest BCUT2D eigenvalue weighted by Crippen LogP contribution is -2.38. The van der Waals surface area contributed by atoms with Crippen LogP contribution in [0.15, 0.2) is 51.8 Å². The van der Waals surface area contributed by atoms with Crippen LogP contribution in [0.25, 0.3) is 17.0 Å². The van der Waals surface area contributed by atoms with Crippen LogP contribution in [0.5, 0.6) is 5.75 Å². The Morgan fingerprint density at radius 2 is 1.77 bits per heavy atom. The van der Waals surface area contributed by atoms with Gasteiger partial charge in [0.25, 0.3) is 0 Å². The molecule has 0 saturated carbocycles. The number of aryl methyl sites for hydroxylation is 2. The van der Waals surface area contributed by atoms with E-state index >= 15 is 0 Å². The highest BCUT2D eigenvalue weighted by molar-refractivity contribution is 7.98. The molecule has 0 amide bonds. The SMILES string of the molecule is CSc1ccc2cc(C(=O)/C=C/c3cc(C)c(OC(C)(C)C(=O)O)c(C)c3)oc2c1. The fourth-order valence-corrected chi connectivity index (χ4v) is 3.48. The maximum absolute atomic E-state index is 12.6. The zero-order valence-corrected chi connectivity index (χ0v) is 18.4. The average molecular weight is 425 g/mol. The number of benzene rings is 2. The molecule has 0 spiro atoms. The molecule has 1 N–H and O–H groups in total. The minimum Gasteiger partial charge on any atom is -0.478 e. The Morgan fingerprint density at radius 1 is 1.10 bits per heavy atom. The molecule has 30 heavy (non-hydrogen) atoms. The lowest BCUT2D eigenvalue weighted by atomic mass is 10.0. The number of hydrogen-bond acceptors (Lipinski definition) is 5. The molecule has 3 aromatic rings. The van der Waals surface area contributed by atoms with Crippen LogP contribution in [0.1, 0.15) is 41.1 Å². The second-order valence-electron chi connectivity index (χ2n) is 7.61. The predicted molar refractivity (Wildman–Crippen MR) is 120 cm³/mol. The van der Waals surface area contributed by atoms with Gasteiger partial charge in [-0.25, -0.2) is 4.79 Å². The van der Waals surface area contributed by atoms with Crippen molar-refractivity contribution in [2.24, 2.45) is 0 Å². The molecule has 1 aromatic heterocycles. The number of carboxylic acid groups (broad SMARTS) is 1. The first-order valence-corrected chi connectivity index (χ1v) is 10.7. The van der Waals surface area contributed by atoms with Crippen LogP contribution in [0.4, 0.5) is 0 Å². The summed E-state index contributed by atoms with van der Waals surface area (Å²) >= 11 is 1.62. The van der Waals surface area contributed by atoms with E-state index < -0.39 is 11.6 Å². The van der Waals surface area contributed by atoms with Gasteiger partial charge in [-0.2, -0.15) is 0 Å². The molecule has 0 radical (unpaired) electrons. The topological polar surface area (TPSA) is 76.7 Å². The van der Waals surface area contributed by atoms with Gasteiger partial charge in [-0.05, 0) is 93.1 Å². The third-order valence-electron chi connectivity index (χ3n) is 4.75. The smallest absolute Gasteiger partial charge is 0.347 e. The molecule has 0 bridgehead atoms. The van der Waals surface area contributed by atoms with Crippen LogP contribution in [-0.4, -0.2) is 28.7 Å². The van der Waals surface area contributed by atoms with Gasteiger partial charge in [0, 0.05) is 10.3 Å². The number of ketones is 1. The molecule has 0 fully saturated rings. The molecule has 2 aromatic carbocycles. The Balaban J connectivity index is 1.82. The van der Waals surface area contributed by atoms with Crippen LogP contribution in [-0.2, 0) is 4.79 Å². The van der Waals surface area contributed by atoms with Crippen molar-refractivity contribution in [1.82, 2.24) is 0 Å². The van der Waals surface area contributed by atoms with Gasteiger partial charge in [-0.1, -0.05) is 6.08 Å². The van der Waals surface area contributed by atoms with Crippen molar-refractivity contribution < 1.29 is 23.8 Å². The highest BCUT2D eigenvalue weighted by atomic mass is 32.2. The van der Waals surface area contributed by atoms with Crippen molar-refractivity contribution in [2.75, 3.05) is 6.26 Å². The Labute approximate surface area is 179 Å². The van der Waals surface area contributed by atoms with Crippen molar-refractivity contribution in [2.45, 2.75) is 38.2 Å². The summed E-state index contributed by atoms with van der Waals surface area (Å²) in [5, 5.41) is 10.2. The van der Waals surface area contributed by atoms with Crippen LogP contribution in [0.2, 0.25) is 0 Å². The van der Waals surface area contributed by atoms with Crippen LogP contribution in [0.3, 0.4) is 0 Å². The summed E-state index contributed by atoms with van der Waals surface area (Å²) in [4.78, 5) is 25.0. The molecule has 156 valence electrons. The number of carbonyl (C=O) groups is 2. The van der Waals surface area contributed by atoms with Crippen LogP contribution < -0.4 is 4.74 Å². The lowest BCUT2D eigenvalue weighted by Gasteiger charge is -2.24. The lowest BCUT2D eigenvalue weighted by molar-refractivity contribution is -0.152. The number of ether oxygens (including phenoxy) is 1. The summed E-state index contributed by atoms with van der Waals surface area (Å²) in [6, 6.07) is 11.3. The third-order valence-corrected chi connectivity index (χ3v) is 5.48. The maximum atomic E-state index is 12.6. The molecule has 0 atom stereocenters.